The predicted molar refractivity (Wildman–Crippen MR) is 80.7 cm³/mol. The number of nitrogens with one attached hydrogen (secondary N) is 2. The molecule has 6 heteroatoms. The number of ether oxygens (including phenoxy) is 1. The van der Waals surface area contributed by atoms with Crippen molar-refractivity contribution < 1.29 is 13.9 Å². The highest BCUT2D eigenvalue weighted by Gasteiger charge is 2.39. The average Bonchev–Trinajstić information content (AvgIpc) is 3.14. The monoisotopic (exact) mass is 307 g/mol. The SMILES string of the molecule is CC1CNNC1C1CCCN1C(=O)COc1ccc(F)cc1. The fraction of sp³-hybridized carbons (Fsp3) is 0.562. The van der Waals surface area contributed by atoms with Gasteiger partial charge in [-0.15, -0.1) is 0 Å². The summed E-state index contributed by atoms with van der Waals surface area (Å²) in [5.41, 5.74) is 6.45. The lowest BCUT2D eigenvalue weighted by Gasteiger charge is -2.31. The van der Waals surface area contributed by atoms with E-state index in [-0.39, 0.29) is 30.4 Å². The van der Waals surface area contributed by atoms with Crippen LogP contribution in [0.1, 0.15) is 19.8 Å². The van der Waals surface area contributed by atoms with Gasteiger partial charge in [-0.2, -0.15) is 0 Å². The van der Waals surface area contributed by atoms with E-state index in [4.69, 9.17) is 4.74 Å². The Morgan fingerprint density at radius 2 is 2.18 bits per heavy atom. The highest BCUT2D eigenvalue weighted by Crippen LogP contribution is 2.25. The summed E-state index contributed by atoms with van der Waals surface area (Å²) < 4.78 is 18.3. The molecule has 22 heavy (non-hydrogen) atoms. The zero-order chi connectivity index (χ0) is 15.5. The number of benzene rings is 1. The van der Waals surface area contributed by atoms with Crippen molar-refractivity contribution in [3.05, 3.63) is 30.1 Å². The first-order valence-corrected chi connectivity index (χ1v) is 7.81. The van der Waals surface area contributed by atoms with Crippen molar-refractivity contribution in [3.8, 4) is 5.75 Å². The van der Waals surface area contributed by atoms with Crippen LogP contribution < -0.4 is 15.6 Å². The molecule has 5 nitrogen and oxygen atoms in total. The molecule has 120 valence electrons. The summed E-state index contributed by atoms with van der Waals surface area (Å²) in [4.78, 5) is 14.4. The molecule has 0 aromatic heterocycles. The Hall–Kier alpha value is -1.66. The van der Waals surface area contributed by atoms with Crippen molar-refractivity contribution in [1.82, 2.24) is 15.8 Å². The Kier molecular flexibility index (Phi) is 4.59. The Bertz CT molecular complexity index is 523. The number of hydrogen-bond acceptors (Lipinski definition) is 4. The number of hydrazine groups is 1. The molecule has 2 aliphatic heterocycles. The van der Waals surface area contributed by atoms with Gasteiger partial charge in [-0.05, 0) is 43.0 Å². The first-order valence-electron chi connectivity index (χ1n) is 7.81. The maximum atomic E-state index is 12.8. The maximum absolute atomic E-state index is 12.8. The molecule has 1 amide bonds. The number of likely N-dealkylation sites (tertiary alicyclic amines) is 1. The molecule has 0 bridgehead atoms. The molecule has 2 fully saturated rings. The minimum absolute atomic E-state index is 0.00331. The summed E-state index contributed by atoms with van der Waals surface area (Å²) in [6.45, 7) is 3.89. The molecular formula is C16H22FN3O2. The fourth-order valence-corrected chi connectivity index (χ4v) is 3.32. The van der Waals surface area contributed by atoms with Gasteiger partial charge in [0.15, 0.2) is 6.61 Å². The lowest BCUT2D eigenvalue weighted by atomic mass is 9.95. The predicted octanol–water partition coefficient (Wildman–Crippen LogP) is 1.31. The van der Waals surface area contributed by atoms with Crippen LogP contribution in [0.25, 0.3) is 0 Å². The van der Waals surface area contributed by atoms with Crippen LogP contribution in [0.2, 0.25) is 0 Å². The fourth-order valence-electron chi connectivity index (χ4n) is 3.32. The molecular weight excluding hydrogens is 285 g/mol. The first-order chi connectivity index (χ1) is 10.6. The van der Waals surface area contributed by atoms with Gasteiger partial charge in [-0.1, -0.05) is 6.92 Å². The van der Waals surface area contributed by atoms with Gasteiger partial charge >= 0.3 is 0 Å². The molecule has 2 N–H and O–H groups in total. The van der Waals surface area contributed by atoms with Gasteiger partial charge in [0.25, 0.3) is 5.91 Å². The largest absolute Gasteiger partial charge is 0.484 e. The smallest absolute Gasteiger partial charge is 0.260 e. The van der Waals surface area contributed by atoms with Crippen LogP contribution in [0.4, 0.5) is 4.39 Å². The number of hydrogen-bond donors (Lipinski definition) is 2. The van der Waals surface area contributed by atoms with Crippen LogP contribution in [-0.2, 0) is 4.79 Å². The molecule has 1 aromatic rings. The zero-order valence-electron chi connectivity index (χ0n) is 12.7. The Morgan fingerprint density at radius 3 is 2.86 bits per heavy atom. The van der Waals surface area contributed by atoms with Crippen LogP contribution in [-0.4, -0.2) is 42.6 Å². The number of carbonyl (C=O) groups excluding carboxylic acids is 1. The quantitative estimate of drug-likeness (QED) is 0.880. The lowest BCUT2D eigenvalue weighted by Crippen LogP contribution is -2.51. The van der Waals surface area contributed by atoms with Gasteiger partial charge in [0.1, 0.15) is 11.6 Å². The van der Waals surface area contributed by atoms with E-state index in [2.05, 4.69) is 17.8 Å². The summed E-state index contributed by atoms with van der Waals surface area (Å²) >= 11 is 0. The molecule has 2 aliphatic rings. The minimum Gasteiger partial charge on any atom is -0.484 e. The third-order valence-electron chi connectivity index (χ3n) is 4.52. The molecule has 3 unspecified atom stereocenters. The Balaban J connectivity index is 1.57. The van der Waals surface area contributed by atoms with Gasteiger partial charge in [0.2, 0.25) is 0 Å². The molecule has 3 atom stereocenters. The van der Waals surface area contributed by atoms with Crippen molar-refractivity contribution >= 4 is 5.91 Å². The summed E-state index contributed by atoms with van der Waals surface area (Å²) in [7, 11) is 0. The molecule has 0 radical (unpaired) electrons. The summed E-state index contributed by atoms with van der Waals surface area (Å²) in [6, 6.07) is 6.23. The summed E-state index contributed by atoms with van der Waals surface area (Å²) in [5.74, 6) is 0.691. The minimum atomic E-state index is -0.313. The molecule has 0 aliphatic carbocycles. The molecule has 2 saturated heterocycles. The van der Waals surface area contributed by atoms with Crippen LogP contribution in [0.3, 0.4) is 0 Å². The van der Waals surface area contributed by atoms with Crippen molar-refractivity contribution in [3.63, 3.8) is 0 Å². The number of carbonyl (C=O) groups is 1. The van der Waals surface area contributed by atoms with Crippen LogP contribution in [0, 0.1) is 11.7 Å². The van der Waals surface area contributed by atoms with Gasteiger partial charge in [-0.25, -0.2) is 4.39 Å². The van der Waals surface area contributed by atoms with E-state index >= 15 is 0 Å². The Morgan fingerprint density at radius 1 is 1.41 bits per heavy atom. The number of halogens is 1. The Labute approximate surface area is 129 Å². The second kappa shape index (κ2) is 6.62. The van der Waals surface area contributed by atoms with Crippen LogP contribution in [0.15, 0.2) is 24.3 Å². The van der Waals surface area contributed by atoms with Crippen molar-refractivity contribution in [2.24, 2.45) is 5.92 Å². The van der Waals surface area contributed by atoms with Gasteiger partial charge in [0.05, 0.1) is 0 Å². The average molecular weight is 307 g/mol. The molecule has 0 saturated carbocycles. The number of amides is 1. The summed E-state index contributed by atoms with van der Waals surface area (Å²) in [5, 5.41) is 0. The second-order valence-corrected chi connectivity index (χ2v) is 6.07. The van der Waals surface area contributed by atoms with E-state index in [0.29, 0.717) is 11.7 Å². The standard InChI is InChI=1S/C16H22FN3O2/c1-11-9-18-19-16(11)14-3-2-8-20(14)15(21)10-22-13-6-4-12(17)5-7-13/h4-7,11,14,16,18-19H,2-3,8-10H2,1H3. The number of nitrogens with zero attached hydrogens (tertiary/aromatic N) is 1. The first kappa shape index (κ1) is 15.2. The van der Waals surface area contributed by atoms with E-state index in [1.807, 2.05) is 4.90 Å². The summed E-state index contributed by atoms with van der Waals surface area (Å²) in [6.07, 6.45) is 2.05. The van der Waals surface area contributed by atoms with Crippen LogP contribution in [0.5, 0.6) is 5.75 Å². The second-order valence-electron chi connectivity index (χ2n) is 6.07. The maximum Gasteiger partial charge on any atom is 0.260 e. The zero-order valence-corrected chi connectivity index (χ0v) is 12.7. The number of rotatable bonds is 4. The van der Waals surface area contributed by atoms with E-state index in [1.165, 1.54) is 24.3 Å². The van der Waals surface area contributed by atoms with E-state index in [9.17, 15) is 9.18 Å². The van der Waals surface area contributed by atoms with E-state index in [1.54, 1.807) is 0 Å². The molecule has 0 spiro atoms. The van der Waals surface area contributed by atoms with Crippen molar-refractivity contribution in [2.45, 2.75) is 31.8 Å². The highest BCUT2D eigenvalue weighted by atomic mass is 19.1. The van der Waals surface area contributed by atoms with Crippen molar-refractivity contribution in [2.75, 3.05) is 19.7 Å². The third-order valence-corrected chi connectivity index (χ3v) is 4.52. The molecule has 1 aromatic carbocycles. The van der Waals surface area contributed by atoms with Gasteiger partial charge in [0, 0.05) is 25.2 Å². The van der Waals surface area contributed by atoms with Gasteiger partial charge in [-0.3, -0.25) is 15.6 Å². The highest BCUT2D eigenvalue weighted by molar-refractivity contribution is 5.78. The van der Waals surface area contributed by atoms with Crippen molar-refractivity contribution in [1.29, 1.82) is 0 Å². The third kappa shape index (κ3) is 3.23. The van der Waals surface area contributed by atoms with Gasteiger partial charge < -0.3 is 9.64 Å². The van der Waals surface area contributed by atoms with E-state index in [0.717, 1.165) is 25.9 Å². The topological polar surface area (TPSA) is 53.6 Å². The van der Waals surface area contributed by atoms with Crippen LogP contribution >= 0.6 is 0 Å². The van der Waals surface area contributed by atoms with E-state index < -0.39 is 0 Å². The normalized spacial score (nSPS) is 28.1. The molecule has 2 heterocycles. The lowest BCUT2D eigenvalue weighted by molar-refractivity contribution is -0.134. The molecule has 3 rings (SSSR count).